The summed E-state index contributed by atoms with van der Waals surface area (Å²) in [6, 6.07) is 0. The predicted molar refractivity (Wildman–Crippen MR) is 45.2 cm³/mol. The van der Waals surface area contributed by atoms with Crippen LogP contribution in [0, 0.1) is 0 Å². The molecule has 1 aromatic rings. The van der Waals surface area contributed by atoms with Crippen molar-refractivity contribution in [2.75, 3.05) is 0 Å². The van der Waals surface area contributed by atoms with Crippen molar-refractivity contribution in [2.45, 2.75) is 12.8 Å². The summed E-state index contributed by atoms with van der Waals surface area (Å²) in [5, 5.41) is 8.08. The number of halogens is 5. The third-order valence-corrected chi connectivity index (χ3v) is 2.33. The van der Waals surface area contributed by atoms with Gasteiger partial charge in [-0.05, 0) is 0 Å². The van der Waals surface area contributed by atoms with Crippen LogP contribution in [0.4, 0.5) is 13.2 Å². The molecule has 0 aliphatic rings. The number of aliphatic hydroxyl groups excluding tert-OH is 1. The largest absolute Gasteiger partial charge is 0.418 e. The summed E-state index contributed by atoms with van der Waals surface area (Å²) in [7, 11) is 0. The average Bonchev–Trinajstić information content (AvgIpc) is 2.07. The zero-order valence-corrected chi connectivity index (χ0v) is 8.08. The molecule has 1 rings (SSSR count). The molecule has 0 spiro atoms. The summed E-state index contributed by atoms with van der Waals surface area (Å²) in [6.07, 6.45) is -4.06. The molecule has 1 aromatic heterocycles. The molecule has 0 amide bonds. The maximum absolute atomic E-state index is 12.3. The topological polar surface area (TPSA) is 33.1 Å². The Bertz CT molecular complexity index is 354. The lowest BCUT2D eigenvalue weighted by Gasteiger charge is -2.12. The fourth-order valence-corrected chi connectivity index (χ4v) is 1.27. The first-order valence-electron chi connectivity index (χ1n) is 3.39. The molecule has 14 heavy (non-hydrogen) atoms. The molecule has 0 bridgehead atoms. The Morgan fingerprint density at radius 2 is 1.93 bits per heavy atom. The van der Waals surface area contributed by atoms with Crippen LogP contribution in [0.15, 0.2) is 6.20 Å². The summed E-state index contributed by atoms with van der Waals surface area (Å²) in [4.78, 5) is 3.26. The van der Waals surface area contributed by atoms with Gasteiger partial charge in [0.2, 0.25) is 0 Å². The van der Waals surface area contributed by atoms with Gasteiger partial charge in [0, 0.05) is 11.8 Å². The second-order valence-electron chi connectivity index (χ2n) is 2.41. The van der Waals surface area contributed by atoms with Gasteiger partial charge in [0.15, 0.2) is 0 Å². The van der Waals surface area contributed by atoms with Crippen LogP contribution in [0.5, 0.6) is 0 Å². The van der Waals surface area contributed by atoms with Crippen molar-refractivity contribution >= 4 is 23.2 Å². The normalized spacial score (nSPS) is 11.9. The maximum Gasteiger partial charge on any atom is 0.418 e. The maximum atomic E-state index is 12.3. The summed E-state index contributed by atoms with van der Waals surface area (Å²) in [5.41, 5.74) is -1.53. The van der Waals surface area contributed by atoms with Crippen LogP contribution in [-0.2, 0) is 12.8 Å². The molecule has 7 heteroatoms. The van der Waals surface area contributed by atoms with Crippen molar-refractivity contribution in [3.8, 4) is 0 Å². The summed E-state index contributed by atoms with van der Waals surface area (Å²) >= 11 is 10.8. The van der Waals surface area contributed by atoms with Gasteiger partial charge in [-0.1, -0.05) is 23.2 Å². The van der Waals surface area contributed by atoms with Crippen LogP contribution in [0.3, 0.4) is 0 Å². The zero-order valence-electron chi connectivity index (χ0n) is 6.57. The van der Waals surface area contributed by atoms with Gasteiger partial charge in [-0.15, -0.1) is 0 Å². The van der Waals surface area contributed by atoms with Gasteiger partial charge in [0.1, 0.15) is 5.15 Å². The molecule has 0 radical (unpaired) electrons. The Morgan fingerprint density at radius 3 is 2.36 bits per heavy atom. The van der Waals surface area contributed by atoms with E-state index < -0.39 is 23.9 Å². The molecule has 0 aliphatic heterocycles. The van der Waals surface area contributed by atoms with Crippen molar-refractivity contribution in [3.63, 3.8) is 0 Å². The quantitative estimate of drug-likeness (QED) is 0.772. The number of rotatable bonds is 1. The highest BCUT2D eigenvalue weighted by atomic mass is 35.5. The Hall–Kier alpha value is -0.520. The van der Waals surface area contributed by atoms with E-state index in [1.165, 1.54) is 0 Å². The average molecular weight is 246 g/mol. The standard InChI is InChI=1S/C7H4Cl2F3NO/c8-5-3(2-14)4(7(10,11)12)1-13-6(5)9/h1,14H,2H2. The molecule has 0 saturated carbocycles. The minimum absolute atomic E-state index is 0.260. The van der Waals surface area contributed by atoms with E-state index in [-0.39, 0.29) is 10.2 Å². The molecule has 0 aliphatic carbocycles. The van der Waals surface area contributed by atoms with E-state index in [2.05, 4.69) is 4.98 Å². The molecular formula is C7H4Cl2F3NO. The highest BCUT2D eigenvalue weighted by Crippen LogP contribution is 2.36. The lowest BCUT2D eigenvalue weighted by Crippen LogP contribution is -2.10. The highest BCUT2D eigenvalue weighted by molar-refractivity contribution is 6.41. The minimum atomic E-state index is -4.60. The SMILES string of the molecule is OCc1c(C(F)(F)F)cnc(Cl)c1Cl. The van der Waals surface area contributed by atoms with Gasteiger partial charge in [0.05, 0.1) is 17.2 Å². The molecular weight excluding hydrogens is 242 g/mol. The van der Waals surface area contributed by atoms with E-state index in [0.29, 0.717) is 6.20 Å². The first-order valence-corrected chi connectivity index (χ1v) is 4.14. The monoisotopic (exact) mass is 245 g/mol. The van der Waals surface area contributed by atoms with Crippen molar-refractivity contribution < 1.29 is 18.3 Å². The van der Waals surface area contributed by atoms with Gasteiger partial charge in [-0.2, -0.15) is 13.2 Å². The number of alkyl halides is 3. The summed E-state index contributed by atoms with van der Waals surface area (Å²) in [6.45, 7) is -0.837. The van der Waals surface area contributed by atoms with E-state index >= 15 is 0 Å². The van der Waals surface area contributed by atoms with Gasteiger partial charge in [-0.3, -0.25) is 0 Å². The first-order chi connectivity index (χ1) is 6.38. The van der Waals surface area contributed by atoms with Crippen LogP contribution in [-0.4, -0.2) is 10.1 Å². The van der Waals surface area contributed by atoms with Gasteiger partial charge < -0.3 is 5.11 Å². The van der Waals surface area contributed by atoms with Crippen LogP contribution in [0.2, 0.25) is 10.2 Å². The molecule has 0 fully saturated rings. The van der Waals surface area contributed by atoms with Crippen molar-refractivity contribution in [1.29, 1.82) is 0 Å². The molecule has 0 aromatic carbocycles. The van der Waals surface area contributed by atoms with Crippen molar-refractivity contribution in [3.05, 3.63) is 27.5 Å². The van der Waals surface area contributed by atoms with Crippen LogP contribution in [0.1, 0.15) is 11.1 Å². The number of aliphatic hydroxyl groups is 1. The second kappa shape index (κ2) is 3.92. The predicted octanol–water partition coefficient (Wildman–Crippen LogP) is 2.90. The van der Waals surface area contributed by atoms with E-state index in [9.17, 15) is 13.2 Å². The zero-order chi connectivity index (χ0) is 10.9. The molecule has 0 saturated heterocycles. The number of aromatic nitrogens is 1. The summed E-state index contributed by atoms with van der Waals surface area (Å²) < 4.78 is 36.9. The number of hydrogen-bond acceptors (Lipinski definition) is 2. The van der Waals surface area contributed by atoms with E-state index in [0.717, 1.165) is 0 Å². The fraction of sp³-hybridized carbons (Fsp3) is 0.286. The summed E-state index contributed by atoms with van der Waals surface area (Å²) in [5.74, 6) is 0. The van der Waals surface area contributed by atoms with Crippen LogP contribution in [0.25, 0.3) is 0 Å². The van der Waals surface area contributed by atoms with Crippen LogP contribution >= 0.6 is 23.2 Å². The molecule has 0 unspecified atom stereocenters. The number of hydrogen-bond donors (Lipinski definition) is 1. The van der Waals surface area contributed by atoms with Gasteiger partial charge in [0.25, 0.3) is 0 Å². The molecule has 78 valence electrons. The number of nitrogens with zero attached hydrogens (tertiary/aromatic N) is 1. The molecule has 1 N–H and O–H groups in total. The lowest BCUT2D eigenvalue weighted by molar-refractivity contribution is -0.138. The fourth-order valence-electron chi connectivity index (χ4n) is 0.897. The Labute approximate surface area is 87.3 Å². The van der Waals surface area contributed by atoms with E-state index in [1.807, 2.05) is 0 Å². The minimum Gasteiger partial charge on any atom is -0.392 e. The van der Waals surface area contributed by atoms with Crippen molar-refractivity contribution in [2.24, 2.45) is 0 Å². The van der Waals surface area contributed by atoms with Crippen LogP contribution < -0.4 is 0 Å². The first kappa shape index (κ1) is 11.6. The van der Waals surface area contributed by atoms with E-state index in [1.54, 1.807) is 0 Å². The molecule has 2 nitrogen and oxygen atoms in total. The molecule has 0 atom stereocenters. The Balaban J connectivity index is 3.39. The van der Waals surface area contributed by atoms with Crippen molar-refractivity contribution in [1.82, 2.24) is 4.98 Å². The Morgan fingerprint density at radius 1 is 1.36 bits per heavy atom. The third kappa shape index (κ3) is 2.10. The van der Waals surface area contributed by atoms with Gasteiger partial charge in [-0.25, -0.2) is 4.98 Å². The Kier molecular flexibility index (Phi) is 3.24. The number of pyridine rings is 1. The molecule has 1 heterocycles. The third-order valence-electron chi connectivity index (χ3n) is 1.54. The lowest BCUT2D eigenvalue weighted by atomic mass is 10.1. The highest BCUT2D eigenvalue weighted by Gasteiger charge is 2.35. The van der Waals surface area contributed by atoms with Gasteiger partial charge >= 0.3 is 6.18 Å². The van der Waals surface area contributed by atoms with E-state index in [4.69, 9.17) is 28.3 Å². The smallest absolute Gasteiger partial charge is 0.392 e. The second-order valence-corrected chi connectivity index (χ2v) is 3.15.